The third-order valence-electron chi connectivity index (χ3n) is 3.45. The van der Waals surface area contributed by atoms with Crippen molar-refractivity contribution in [3.8, 4) is 0 Å². The van der Waals surface area contributed by atoms with Crippen molar-refractivity contribution >= 4 is 17.7 Å². The molecule has 1 fully saturated rings. The molecule has 23 heavy (non-hydrogen) atoms. The van der Waals surface area contributed by atoms with E-state index in [9.17, 15) is 14.7 Å². The van der Waals surface area contributed by atoms with Gasteiger partial charge in [0.05, 0.1) is 6.26 Å². The lowest BCUT2D eigenvalue weighted by Crippen LogP contribution is -2.43. The highest BCUT2D eigenvalue weighted by Gasteiger charge is 2.47. The molecular weight excluding hydrogens is 302 g/mol. The van der Waals surface area contributed by atoms with Gasteiger partial charge in [0, 0.05) is 12.8 Å². The number of rotatable bonds is 5. The Bertz CT molecular complexity index is 591. The van der Waals surface area contributed by atoms with Crippen LogP contribution in [-0.4, -0.2) is 34.0 Å². The largest absolute Gasteiger partial charge is 0.476 e. The number of aliphatic carboxylic acids is 1. The zero-order chi connectivity index (χ0) is 17.1. The van der Waals surface area contributed by atoms with Crippen LogP contribution in [0.2, 0.25) is 0 Å². The summed E-state index contributed by atoms with van der Waals surface area (Å²) >= 11 is 0. The average Bonchev–Trinajstić information content (AvgIpc) is 3.08. The number of hydrogen-bond donors (Lipinski definition) is 1. The number of carboxylic acid groups (broad SMARTS) is 1. The molecule has 0 aromatic carbocycles. The Hall–Kier alpha value is -2.31. The average molecular weight is 323 g/mol. The van der Waals surface area contributed by atoms with Crippen LogP contribution in [0, 0.1) is 0 Å². The molecule has 1 aromatic rings. The van der Waals surface area contributed by atoms with Gasteiger partial charge in [0.2, 0.25) is 11.3 Å². The quantitative estimate of drug-likeness (QED) is 0.508. The van der Waals surface area contributed by atoms with E-state index >= 15 is 0 Å². The summed E-state index contributed by atoms with van der Waals surface area (Å²) in [6.45, 7) is 5.30. The molecule has 0 spiro atoms. The van der Waals surface area contributed by atoms with E-state index in [2.05, 4.69) is 5.16 Å². The topological polar surface area (TPSA) is 98.3 Å². The van der Waals surface area contributed by atoms with Gasteiger partial charge < -0.3 is 19.1 Å². The maximum atomic E-state index is 12.5. The number of ether oxygens (including phenoxy) is 1. The molecular formula is C16H21NO6. The molecule has 0 amide bonds. The van der Waals surface area contributed by atoms with Gasteiger partial charge in [-0.15, -0.1) is 0 Å². The van der Waals surface area contributed by atoms with Crippen LogP contribution >= 0.6 is 0 Å². The summed E-state index contributed by atoms with van der Waals surface area (Å²) < 4.78 is 10.4. The number of esters is 1. The van der Waals surface area contributed by atoms with Gasteiger partial charge in [-0.3, -0.25) is 0 Å². The van der Waals surface area contributed by atoms with Crippen LogP contribution in [0.15, 0.2) is 28.0 Å². The van der Waals surface area contributed by atoms with Crippen molar-refractivity contribution in [2.24, 2.45) is 5.16 Å². The van der Waals surface area contributed by atoms with Crippen molar-refractivity contribution in [2.45, 2.75) is 57.7 Å². The van der Waals surface area contributed by atoms with Crippen LogP contribution in [-0.2, 0) is 19.2 Å². The molecule has 2 rings (SSSR count). The van der Waals surface area contributed by atoms with Crippen LogP contribution in [0.25, 0.3) is 0 Å². The third kappa shape index (κ3) is 4.12. The van der Waals surface area contributed by atoms with Gasteiger partial charge in [0.1, 0.15) is 5.60 Å². The minimum absolute atomic E-state index is 0.0647. The summed E-state index contributed by atoms with van der Waals surface area (Å²) in [5.41, 5.74) is -2.28. The first-order valence-corrected chi connectivity index (χ1v) is 7.50. The van der Waals surface area contributed by atoms with E-state index in [0.717, 1.165) is 12.8 Å². The van der Waals surface area contributed by atoms with E-state index in [1.165, 1.54) is 12.3 Å². The predicted molar refractivity (Wildman–Crippen MR) is 81.0 cm³/mol. The summed E-state index contributed by atoms with van der Waals surface area (Å²) in [4.78, 5) is 29.2. The smallest absolute Gasteiger partial charge is 0.361 e. The molecule has 1 heterocycles. The van der Waals surface area contributed by atoms with Gasteiger partial charge in [-0.25, -0.2) is 9.59 Å². The zero-order valence-electron chi connectivity index (χ0n) is 13.5. The first-order chi connectivity index (χ1) is 10.7. The van der Waals surface area contributed by atoms with E-state index in [1.54, 1.807) is 26.8 Å². The first kappa shape index (κ1) is 17.1. The number of hydrogen-bond acceptors (Lipinski definition) is 6. The van der Waals surface area contributed by atoms with Crippen molar-refractivity contribution in [2.75, 3.05) is 0 Å². The molecule has 1 saturated carbocycles. The molecule has 0 saturated heterocycles. The van der Waals surface area contributed by atoms with Gasteiger partial charge in [-0.1, -0.05) is 5.16 Å². The zero-order valence-corrected chi connectivity index (χ0v) is 13.5. The number of furan rings is 1. The van der Waals surface area contributed by atoms with Crippen LogP contribution < -0.4 is 0 Å². The van der Waals surface area contributed by atoms with Gasteiger partial charge in [0.15, 0.2) is 5.76 Å². The minimum Gasteiger partial charge on any atom is -0.476 e. The SMILES string of the molecule is CC(C)(C)OC(=O)C1(ON=C(C(=O)O)c2ccco2)CCCC1. The number of carbonyl (C=O) groups excluding carboxylic acids is 1. The highest BCUT2D eigenvalue weighted by atomic mass is 16.7. The van der Waals surface area contributed by atoms with E-state index in [0.29, 0.717) is 12.8 Å². The fraction of sp³-hybridized carbons (Fsp3) is 0.562. The van der Waals surface area contributed by atoms with Crippen molar-refractivity contribution < 1.29 is 28.7 Å². The number of oxime groups is 1. The van der Waals surface area contributed by atoms with Crippen LogP contribution in [0.5, 0.6) is 0 Å². The maximum absolute atomic E-state index is 12.5. The third-order valence-corrected chi connectivity index (χ3v) is 3.45. The van der Waals surface area contributed by atoms with Gasteiger partial charge in [-0.2, -0.15) is 0 Å². The summed E-state index contributed by atoms with van der Waals surface area (Å²) in [7, 11) is 0. The molecule has 7 heteroatoms. The van der Waals surface area contributed by atoms with Crippen molar-refractivity contribution in [3.63, 3.8) is 0 Å². The van der Waals surface area contributed by atoms with Crippen LogP contribution in [0.3, 0.4) is 0 Å². The Morgan fingerprint density at radius 3 is 2.43 bits per heavy atom. The molecule has 0 bridgehead atoms. The highest BCUT2D eigenvalue weighted by Crippen LogP contribution is 2.36. The predicted octanol–water partition coefficient (Wildman–Crippen LogP) is 2.74. The fourth-order valence-corrected chi connectivity index (χ4v) is 2.39. The van der Waals surface area contributed by atoms with E-state index in [-0.39, 0.29) is 11.5 Å². The summed E-state index contributed by atoms with van der Waals surface area (Å²) in [6, 6.07) is 3.01. The monoisotopic (exact) mass is 323 g/mol. The molecule has 0 atom stereocenters. The summed E-state index contributed by atoms with van der Waals surface area (Å²) in [5.74, 6) is -1.75. The molecule has 1 aliphatic rings. The van der Waals surface area contributed by atoms with Crippen molar-refractivity contribution in [1.82, 2.24) is 0 Å². The molecule has 7 nitrogen and oxygen atoms in total. The summed E-state index contributed by atoms with van der Waals surface area (Å²) in [6.07, 6.45) is 3.80. The standard InChI is InChI=1S/C16H21NO6/c1-15(2,3)22-14(20)16(8-4-5-9-16)23-17-12(13(18)19)11-7-6-10-21-11/h6-7,10H,4-5,8-9H2,1-3H3,(H,18,19). The molecule has 126 valence electrons. The van der Waals surface area contributed by atoms with Crippen molar-refractivity contribution in [1.29, 1.82) is 0 Å². The van der Waals surface area contributed by atoms with E-state index < -0.39 is 23.1 Å². The van der Waals surface area contributed by atoms with Gasteiger partial charge >= 0.3 is 11.9 Å². The second kappa shape index (κ2) is 6.44. The molecule has 0 unspecified atom stereocenters. The van der Waals surface area contributed by atoms with Gasteiger partial charge in [0.25, 0.3) is 0 Å². The molecule has 1 aromatic heterocycles. The first-order valence-electron chi connectivity index (χ1n) is 7.50. The van der Waals surface area contributed by atoms with E-state index in [4.69, 9.17) is 14.0 Å². The summed E-state index contributed by atoms with van der Waals surface area (Å²) in [5, 5.41) is 12.9. The molecule has 0 aliphatic heterocycles. The second-order valence-electron chi connectivity index (χ2n) is 6.52. The maximum Gasteiger partial charge on any atom is 0.361 e. The fourth-order valence-electron chi connectivity index (χ4n) is 2.39. The van der Waals surface area contributed by atoms with Crippen LogP contribution in [0.4, 0.5) is 0 Å². The number of carboxylic acids is 1. The normalized spacial score (nSPS) is 17.8. The van der Waals surface area contributed by atoms with Crippen molar-refractivity contribution in [3.05, 3.63) is 24.2 Å². The lowest BCUT2D eigenvalue weighted by atomic mass is 10.0. The van der Waals surface area contributed by atoms with Gasteiger partial charge in [-0.05, 0) is 45.7 Å². The Balaban J connectivity index is 2.23. The number of carbonyl (C=O) groups is 2. The highest BCUT2D eigenvalue weighted by molar-refractivity contribution is 6.41. The lowest BCUT2D eigenvalue weighted by Gasteiger charge is -2.29. The number of nitrogens with zero attached hydrogens (tertiary/aromatic N) is 1. The second-order valence-corrected chi connectivity index (χ2v) is 6.52. The Labute approximate surface area is 134 Å². The lowest BCUT2D eigenvalue weighted by molar-refractivity contribution is -0.183. The molecule has 0 radical (unpaired) electrons. The Kier molecular flexibility index (Phi) is 4.77. The molecule has 1 aliphatic carbocycles. The van der Waals surface area contributed by atoms with E-state index in [1.807, 2.05) is 0 Å². The molecule has 1 N–H and O–H groups in total. The Morgan fingerprint density at radius 1 is 1.30 bits per heavy atom. The minimum atomic E-state index is -1.29. The Morgan fingerprint density at radius 2 is 1.96 bits per heavy atom. The van der Waals surface area contributed by atoms with Crippen LogP contribution in [0.1, 0.15) is 52.2 Å².